The average molecular weight is 330 g/mol. The molecule has 1 saturated carbocycles. The largest absolute Gasteiger partial charge is 0.326 e. The minimum atomic E-state index is 0.0792. The average Bonchev–Trinajstić information content (AvgIpc) is 3.43. The fourth-order valence-corrected chi connectivity index (χ4v) is 3.40. The van der Waals surface area contributed by atoms with Gasteiger partial charge in [-0.1, -0.05) is 44.2 Å². The summed E-state index contributed by atoms with van der Waals surface area (Å²) in [4.78, 5) is 16.7. The van der Waals surface area contributed by atoms with Crippen LogP contribution in [0.25, 0.3) is 10.8 Å². The molecule has 1 fully saturated rings. The lowest BCUT2D eigenvalue weighted by atomic mass is 9.98. The highest BCUT2D eigenvalue weighted by Crippen LogP contribution is 2.48. The van der Waals surface area contributed by atoms with E-state index >= 15 is 0 Å². The van der Waals surface area contributed by atoms with E-state index in [1.54, 1.807) is 6.20 Å². The molecule has 2 atom stereocenters. The molecule has 3 heteroatoms. The number of carbonyl (C=O) groups excluding carboxylic acids is 1. The maximum atomic E-state index is 12.6. The highest BCUT2D eigenvalue weighted by molar-refractivity contribution is 5.97. The number of carbonyl (C=O) groups is 1. The van der Waals surface area contributed by atoms with E-state index in [1.807, 2.05) is 30.5 Å². The first-order valence-electron chi connectivity index (χ1n) is 8.86. The van der Waals surface area contributed by atoms with Crippen LogP contribution in [0.15, 0.2) is 60.9 Å². The molecule has 2 aromatic carbocycles. The number of anilines is 1. The molecule has 0 radical (unpaired) electrons. The van der Waals surface area contributed by atoms with E-state index in [9.17, 15) is 4.79 Å². The molecule has 4 rings (SSSR count). The van der Waals surface area contributed by atoms with Gasteiger partial charge < -0.3 is 5.32 Å². The molecule has 0 spiro atoms. The number of aromatic nitrogens is 1. The Morgan fingerprint density at radius 1 is 1.12 bits per heavy atom. The summed E-state index contributed by atoms with van der Waals surface area (Å²) in [5.41, 5.74) is 3.48. The minimum Gasteiger partial charge on any atom is -0.326 e. The zero-order valence-electron chi connectivity index (χ0n) is 14.6. The van der Waals surface area contributed by atoms with Gasteiger partial charge >= 0.3 is 0 Å². The van der Waals surface area contributed by atoms with Crippen LogP contribution in [-0.2, 0) is 4.79 Å². The van der Waals surface area contributed by atoms with Gasteiger partial charge in [0.2, 0.25) is 5.91 Å². The third-order valence-corrected chi connectivity index (χ3v) is 5.04. The molecular weight excluding hydrogens is 308 g/mol. The van der Waals surface area contributed by atoms with Gasteiger partial charge in [-0.05, 0) is 53.0 Å². The minimum absolute atomic E-state index is 0.0792. The van der Waals surface area contributed by atoms with Crippen molar-refractivity contribution in [1.82, 2.24) is 4.98 Å². The molecule has 0 saturated heterocycles. The van der Waals surface area contributed by atoms with Crippen LogP contribution in [-0.4, -0.2) is 10.9 Å². The number of rotatable bonds is 4. The molecule has 0 aliphatic heterocycles. The first-order chi connectivity index (χ1) is 12.1. The maximum Gasteiger partial charge on any atom is 0.228 e. The van der Waals surface area contributed by atoms with Crippen LogP contribution in [0, 0.1) is 5.92 Å². The highest BCUT2D eigenvalue weighted by atomic mass is 16.2. The SMILES string of the molecule is CC(C)c1cccc(C2CC2C(=O)Nc2ccc3cnccc3c2)c1. The Balaban J connectivity index is 1.46. The monoisotopic (exact) mass is 330 g/mol. The van der Waals surface area contributed by atoms with Crippen LogP contribution < -0.4 is 5.32 Å². The normalized spacial score (nSPS) is 19.2. The van der Waals surface area contributed by atoms with Gasteiger partial charge in [0.15, 0.2) is 0 Å². The van der Waals surface area contributed by atoms with Gasteiger partial charge in [0.1, 0.15) is 0 Å². The van der Waals surface area contributed by atoms with Gasteiger partial charge in [0, 0.05) is 29.4 Å². The van der Waals surface area contributed by atoms with Gasteiger partial charge in [-0.25, -0.2) is 0 Å². The van der Waals surface area contributed by atoms with Gasteiger partial charge in [0.05, 0.1) is 0 Å². The van der Waals surface area contributed by atoms with Crippen LogP contribution in [0.1, 0.15) is 43.2 Å². The number of hydrogen-bond donors (Lipinski definition) is 1. The van der Waals surface area contributed by atoms with E-state index in [1.165, 1.54) is 11.1 Å². The Kier molecular flexibility index (Phi) is 4.00. The Morgan fingerprint density at radius 2 is 2.00 bits per heavy atom. The van der Waals surface area contributed by atoms with Crippen molar-refractivity contribution in [1.29, 1.82) is 0 Å². The quantitative estimate of drug-likeness (QED) is 0.723. The first-order valence-corrected chi connectivity index (χ1v) is 8.86. The summed E-state index contributed by atoms with van der Waals surface area (Å²) < 4.78 is 0. The lowest BCUT2D eigenvalue weighted by Gasteiger charge is -2.09. The lowest BCUT2D eigenvalue weighted by Crippen LogP contribution is -2.14. The Labute approximate surface area is 148 Å². The van der Waals surface area contributed by atoms with E-state index in [-0.39, 0.29) is 11.8 Å². The predicted molar refractivity (Wildman–Crippen MR) is 102 cm³/mol. The summed E-state index contributed by atoms with van der Waals surface area (Å²) in [7, 11) is 0. The van der Waals surface area contributed by atoms with Crippen LogP contribution >= 0.6 is 0 Å². The topological polar surface area (TPSA) is 42.0 Å². The molecule has 3 aromatic rings. The summed E-state index contributed by atoms with van der Waals surface area (Å²) in [6, 6.07) is 16.6. The van der Waals surface area contributed by atoms with E-state index in [2.05, 4.69) is 48.4 Å². The van der Waals surface area contributed by atoms with Gasteiger partial charge in [0.25, 0.3) is 0 Å². The second-order valence-electron chi connectivity index (χ2n) is 7.20. The Bertz CT molecular complexity index is 932. The molecular formula is C22H22N2O. The van der Waals surface area contributed by atoms with Crippen molar-refractivity contribution in [2.24, 2.45) is 5.92 Å². The summed E-state index contributed by atoms with van der Waals surface area (Å²) in [6.07, 6.45) is 4.54. The van der Waals surface area contributed by atoms with E-state index in [0.29, 0.717) is 11.8 Å². The highest BCUT2D eigenvalue weighted by Gasteiger charge is 2.44. The molecule has 1 aliphatic carbocycles. The van der Waals surface area contributed by atoms with E-state index < -0.39 is 0 Å². The summed E-state index contributed by atoms with van der Waals surface area (Å²) >= 11 is 0. The lowest BCUT2D eigenvalue weighted by molar-refractivity contribution is -0.117. The summed E-state index contributed by atoms with van der Waals surface area (Å²) in [6.45, 7) is 4.40. The molecule has 0 bridgehead atoms. The van der Waals surface area contributed by atoms with Crippen molar-refractivity contribution in [2.45, 2.75) is 32.1 Å². The van der Waals surface area contributed by atoms with Gasteiger partial charge in [-0.15, -0.1) is 0 Å². The zero-order valence-corrected chi connectivity index (χ0v) is 14.6. The summed E-state index contributed by atoms with van der Waals surface area (Å²) in [5.74, 6) is 1.06. The van der Waals surface area contributed by atoms with E-state index in [4.69, 9.17) is 0 Å². The maximum absolute atomic E-state index is 12.6. The second-order valence-corrected chi connectivity index (χ2v) is 7.20. The van der Waals surface area contributed by atoms with Crippen LogP contribution in [0.3, 0.4) is 0 Å². The van der Waals surface area contributed by atoms with Crippen molar-refractivity contribution >= 4 is 22.4 Å². The smallest absolute Gasteiger partial charge is 0.228 e. The molecule has 1 aromatic heterocycles. The first kappa shape index (κ1) is 15.8. The molecule has 1 heterocycles. The molecule has 126 valence electrons. The van der Waals surface area contributed by atoms with Gasteiger partial charge in [-0.3, -0.25) is 9.78 Å². The third kappa shape index (κ3) is 3.27. The fraction of sp³-hybridized carbons (Fsp3) is 0.273. The third-order valence-electron chi connectivity index (χ3n) is 5.04. The number of benzene rings is 2. The molecule has 3 nitrogen and oxygen atoms in total. The number of amides is 1. The second kappa shape index (κ2) is 6.32. The van der Waals surface area contributed by atoms with Crippen LogP contribution in [0.5, 0.6) is 0 Å². The molecule has 1 aliphatic rings. The molecule has 1 amide bonds. The van der Waals surface area contributed by atoms with Gasteiger partial charge in [-0.2, -0.15) is 0 Å². The predicted octanol–water partition coefficient (Wildman–Crippen LogP) is 5.10. The number of nitrogens with zero attached hydrogens (tertiary/aromatic N) is 1. The zero-order chi connectivity index (χ0) is 17.4. The van der Waals surface area contributed by atoms with Crippen molar-refractivity contribution in [3.8, 4) is 0 Å². The fourth-order valence-electron chi connectivity index (χ4n) is 3.40. The molecule has 2 unspecified atom stereocenters. The van der Waals surface area contributed by atoms with Crippen molar-refractivity contribution in [3.63, 3.8) is 0 Å². The number of nitrogens with one attached hydrogen (secondary N) is 1. The number of fused-ring (bicyclic) bond motifs is 1. The van der Waals surface area contributed by atoms with Crippen LogP contribution in [0.2, 0.25) is 0 Å². The Hall–Kier alpha value is -2.68. The van der Waals surface area contributed by atoms with Crippen molar-refractivity contribution in [3.05, 3.63) is 72.1 Å². The standard InChI is InChI=1S/C22H22N2O/c1-14(2)15-4-3-5-17(10-15)20-12-21(20)22(25)24-19-7-6-18-13-23-9-8-16(18)11-19/h3-11,13-14,20-21H,12H2,1-2H3,(H,24,25). The molecule has 1 N–H and O–H groups in total. The van der Waals surface area contributed by atoms with Crippen molar-refractivity contribution < 1.29 is 4.79 Å². The van der Waals surface area contributed by atoms with Crippen molar-refractivity contribution in [2.75, 3.05) is 5.32 Å². The summed E-state index contributed by atoms with van der Waals surface area (Å²) in [5, 5.41) is 5.24. The molecule has 25 heavy (non-hydrogen) atoms. The van der Waals surface area contributed by atoms with E-state index in [0.717, 1.165) is 22.9 Å². The number of pyridine rings is 1. The van der Waals surface area contributed by atoms with Crippen LogP contribution in [0.4, 0.5) is 5.69 Å². The Morgan fingerprint density at radius 3 is 2.84 bits per heavy atom. The number of hydrogen-bond acceptors (Lipinski definition) is 2.